The fourth-order valence-corrected chi connectivity index (χ4v) is 4.46. The van der Waals surface area contributed by atoms with Gasteiger partial charge >= 0.3 is 0 Å². The molecule has 7 heteroatoms. The third-order valence-electron chi connectivity index (χ3n) is 5.84. The number of carbonyl (C=O) groups excluding carboxylic acids is 1. The average Bonchev–Trinajstić information content (AvgIpc) is 3.36. The third-order valence-corrected chi connectivity index (χ3v) is 5.84. The molecular weight excluding hydrogens is 410 g/mol. The number of carbonyl (C=O) groups is 1. The smallest absolute Gasteiger partial charge is 0.291 e. The highest BCUT2D eigenvalue weighted by molar-refractivity contribution is 5.99. The second-order valence-electron chi connectivity index (χ2n) is 7.98. The van der Waals surface area contributed by atoms with Gasteiger partial charge in [-0.3, -0.25) is 9.59 Å². The molecule has 32 heavy (non-hydrogen) atoms. The molecule has 3 heterocycles. The van der Waals surface area contributed by atoms with Gasteiger partial charge in [-0.05, 0) is 60.9 Å². The minimum absolute atomic E-state index is 0.0242. The average molecular weight is 431 g/mol. The molecule has 0 aliphatic carbocycles. The van der Waals surface area contributed by atoms with Crippen molar-refractivity contribution in [1.82, 2.24) is 4.90 Å². The number of phenolic OH excluding ortho intramolecular Hbond substituents is 1. The van der Waals surface area contributed by atoms with Crippen molar-refractivity contribution in [2.75, 3.05) is 7.11 Å². The van der Waals surface area contributed by atoms with Gasteiger partial charge in [-0.1, -0.05) is 12.1 Å². The summed E-state index contributed by atoms with van der Waals surface area (Å²) in [4.78, 5) is 28.7. The summed E-state index contributed by atoms with van der Waals surface area (Å²) in [5.74, 6) is 0.419. The van der Waals surface area contributed by atoms with Crippen LogP contribution in [0.2, 0.25) is 0 Å². The molecule has 1 amide bonds. The van der Waals surface area contributed by atoms with Gasteiger partial charge < -0.3 is 23.6 Å². The van der Waals surface area contributed by atoms with E-state index in [1.165, 1.54) is 19.4 Å². The molecule has 0 bridgehead atoms. The van der Waals surface area contributed by atoms with Crippen LogP contribution in [0.3, 0.4) is 0 Å². The summed E-state index contributed by atoms with van der Waals surface area (Å²) in [5, 5.41) is 10.5. The van der Waals surface area contributed by atoms with E-state index in [0.717, 1.165) is 11.1 Å². The van der Waals surface area contributed by atoms with Crippen LogP contribution in [0.15, 0.2) is 62.4 Å². The number of hydrogen-bond donors (Lipinski definition) is 1. The van der Waals surface area contributed by atoms with E-state index in [2.05, 4.69) is 0 Å². The number of hydrogen-bond acceptors (Lipinski definition) is 6. The quantitative estimate of drug-likeness (QED) is 0.513. The minimum atomic E-state index is -0.724. The number of methoxy groups -OCH3 is 1. The van der Waals surface area contributed by atoms with Crippen molar-refractivity contribution in [1.29, 1.82) is 0 Å². The molecule has 5 rings (SSSR count). The van der Waals surface area contributed by atoms with Crippen LogP contribution in [0.4, 0.5) is 0 Å². The van der Waals surface area contributed by atoms with Crippen LogP contribution < -0.4 is 10.2 Å². The number of phenols is 1. The van der Waals surface area contributed by atoms with Crippen molar-refractivity contribution in [3.05, 3.63) is 92.7 Å². The van der Waals surface area contributed by atoms with Crippen LogP contribution in [0.25, 0.3) is 11.0 Å². The number of fused-ring (bicyclic) bond motifs is 2. The Kier molecular flexibility index (Phi) is 4.55. The Morgan fingerprint density at radius 1 is 1.12 bits per heavy atom. The minimum Gasteiger partial charge on any atom is -0.504 e. The number of amides is 1. The first-order valence-electron chi connectivity index (χ1n) is 10.2. The largest absolute Gasteiger partial charge is 0.504 e. The van der Waals surface area contributed by atoms with Crippen molar-refractivity contribution >= 4 is 16.9 Å². The highest BCUT2D eigenvalue weighted by Gasteiger charge is 2.43. The summed E-state index contributed by atoms with van der Waals surface area (Å²) in [7, 11) is 1.45. The van der Waals surface area contributed by atoms with Crippen LogP contribution >= 0.6 is 0 Å². The van der Waals surface area contributed by atoms with E-state index in [1.807, 2.05) is 19.9 Å². The Morgan fingerprint density at radius 3 is 2.66 bits per heavy atom. The fraction of sp³-hybridized carbons (Fsp3) is 0.200. The Morgan fingerprint density at radius 2 is 1.94 bits per heavy atom. The predicted molar refractivity (Wildman–Crippen MR) is 117 cm³/mol. The van der Waals surface area contributed by atoms with Gasteiger partial charge in [-0.2, -0.15) is 0 Å². The lowest BCUT2D eigenvalue weighted by atomic mass is 9.96. The van der Waals surface area contributed by atoms with E-state index in [-0.39, 0.29) is 34.8 Å². The number of aromatic hydroxyl groups is 1. The monoisotopic (exact) mass is 431 g/mol. The Labute approximate surface area is 183 Å². The molecule has 7 nitrogen and oxygen atoms in total. The van der Waals surface area contributed by atoms with Gasteiger partial charge in [0.25, 0.3) is 5.91 Å². The Bertz CT molecular complexity index is 1420. The van der Waals surface area contributed by atoms with Crippen LogP contribution in [0.5, 0.6) is 11.5 Å². The molecule has 2 aromatic carbocycles. The number of furan rings is 1. The van der Waals surface area contributed by atoms with Crippen molar-refractivity contribution < 1.29 is 23.5 Å². The second-order valence-corrected chi connectivity index (χ2v) is 7.98. The summed E-state index contributed by atoms with van der Waals surface area (Å²) in [6, 6.07) is 11.3. The molecule has 4 aromatic rings. The summed E-state index contributed by atoms with van der Waals surface area (Å²) in [6.45, 7) is 3.92. The van der Waals surface area contributed by atoms with Crippen LogP contribution in [-0.4, -0.2) is 23.0 Å². The molecule has 1 N–H and O–H groups in total. The van der Waals surface area contributed by atoms with Crippen LogP contribution in [0.1, 0.15) is 44.6 Å². The first-order valence-corrected chi connectivity index (χ1v) is 10.2. The maximum absolute atomic E-state index is 13.7. The maximum Gasteiger partial charge on any atom is 0.291 e. The molecule has 2 aromatic heterocycles. The van der Waals surface area contributed by atoms with E-state index in [4.69, 9.17) is 13.6 Å². The SMILES string of the molecule is COc1cc(C2c3c(oc4cc(C)cc(C)c4c3=O)C(=O)N2Cc2ccco2)ccc1O. The zero-order valence-electron chi connectivity index (χ0n) is 17.8. The van der Waals surface area contributed by atoms with Crippen molar-refractivity contribution in [2.45, 2.75) is 26.4 Å². The van der Waals surface area contributed by atoms with Crippen LogP contribution in [-0.2, 0) is 6.54 Å². The van der Waals surface area contributed by atoms with E-state index in [0.29, 0.717) is 22.3 Å². The highest BCUT2D eigenvalue weighted by Crippen LogP contribution is 2.41. The van der Waals surface area contributed by atoms with E-state index >= 15 is 0 Å². The van der Waals surface area contributed by atoms with Crippen molar-refractivity contribution in [3.8, 4) is 11.5 Å². The lowest BCUT2D eigenvalue weighted by molar-refractivity contribution is 0.0701. The molecule has 0 radical (unpaired) electrons. The zero-order valence-corrected chi connectivity index (χ0v) is 17.8. The number of aryl methyl sites for hydroxylation is 2. The molecule has 1 unspecified atom stereocenters. The van der Waals surface area contributed by atoms with Crippen LogP contribution in [0, 0.1) is 13.8 Å². The summed E-state index contributed by atoms with van der Waals surface area (Å²) < 4.78 is 16.8. The third kappa shape index (κ3) is 2.97. The van der Waals surface area contributed by atoms with Gasteiger partial charge in [0.1, 0.15) is 11.3 Å². The van der Waals surface area contributed by atoms with Gasteiger partial charge in [-0.25, -0.2) is 0 Å². The Hall–Kier alpha value is -4.00. The number of rotatable bonds is 4. The molecule has 1 atom stereocenters. The normalized spacial score (nSPS) is 15.4. The molecule has 1 aliphatic rings. The van der Waals surface area contributed by atoms with E-state index in [1.54, 1.807) is 35.2 Å². The van der Waals surface area contributed by atoms with E-state index in [9.17, 15) is 14.7 Å². The predicted octanol–water partition coefficient (Wildman–Crippen LogP) is 4.46. The first-order chi connectivity index (χ1) is 15.4. The van der Waals surface area contributed by atoms with Gasteiger partial charge in [0.05, 0.1) is 36.9 Å². The second kappa shape index (κ2) is 7.30. The lowest BCUT2D eigenvalue weighted by Gasteiger charge is -2.24. The Balaban J connectivity index is 1.78. The molecule has 0 fully saturated rings. The van der Waals surface area contributed by atoms with Gasteiger partial charge in [-0.15, -0.1) is 0 Å². The standard InChI is InChI=1S/C25H21NO6/c1-13-9-14(2)20-19(10-13)32-24-21(23(20)28)22(15-6-7-17(27)18(11-15)30-3)26(25(24)29)12-16-5-4-8-31-16/h4-11,22,27H,12H2,1-3H3. The zero-order chi connectivity index (χ0) is 22.6. The number of ether oxygens (including phenoxy) is 1. The fourth-order valence-electron chi connectivity index (χ4n) is 4.46. The molecular formula is C25H21NO6. The number of nitrogens with zero attached hydrogens (tertiary/aromatic N) is 1. The summed E-state index contributed by atoms with van der Waals surface area (Å²) in [6.07, 6.45) is 1.53. The van der Waals surface area contributed by atoms with E-state index < -0.39 is 11.9 Å². The lowest BCUT2D eigenvalue weighted by Crippen LogP contribution is -2.29. The summed E-state index contributed by atoms with van der Waals surface area (Å²) in [5.41, 5.74) is 2.77. The maximum atomic E-state index is 13.7. The summed E-state index contributed by atoms with van der Waals surface area (Å²) >= 11 is 0. The molecule has 0 saturated carbocycles. The highest BCUT2D eigenvalue weighted by atomic mass is 16.5. The number of benzene rings is 2. The van der Waals surface area contributed by atoms with Crippen molar-refractivity contribution in [3.63, 3.8) is 0 Å². The molecule has 162 valence electrons. The molecule has 0 saturated heterocycles. The van der Waals surface area contributed by atoms with Gasteiger partial charge in [0.15, 0.2) is 16.9 Å². The van der Waals surface area contributed by atoms with Crippen molar-refractivity contribution in [2.24, 2.45) is 0 Å². The first kappa shape index (κ1) is 19.9. The topological polar surface area (TPSA) is 93.1 Å². The molecule has 0 spiro atoms. The molecule has 1 aliphatic heterocycles. The van der Waals surface area contributed by atoms with Gasteiger partial charge in [0, 0.05) is 0 Å². The van der Waals surface area contributed by atoms with Gasteiger partial charge in [0.2, 0.25) is 5.76 Å².